The first kappa shape index (κ1) is 9.67. The molecule has 0 saturated carbocycles. The summed E-state index contributed by atoms with van der Waals surface area (Å²) in [5.41, 5.74) is 0.975. The Morgan fingerprint density at radius 2 is 2.00 bits per heavy atom. The van der Waals surface area contributed by atoms with Crippen molar-refractivity contribution < 1.29 is 14.4 Å². The van der Waals surface area contributed by atoms with Crippen LogP contribution in [0.15, 0.2) is 30.5 Å². The summed E-state index contributed by atoms with van der Waals surface area (Å²) in [6.45, 7) is 0. The van der Waals surface area contributed by atoms with Crippen molar-refractivity contribution in [1.82, 2.24) is 0 Å². The molecular formula is C9H10BO3. The third-order valence-corrected chi connectivity index (χ3v) is 1.52. The second kappa shape index (κ2) is 5.27. The maximum absolute atomic E-state index is 8.21. The Balaban J connectivity index is 2.58. The highest BCUT2D eigenvalue weighted by Crippen LogP contribution is 2.11. The average molecular weight is 177 g/mol. The lowest BCUT2D eigenvalue weighted by molar-refractivity contribution is 0.408. The zero-order valence-corrected chi connectivity index (χ0v) is 7.31. The highest BCUT2D eigenvalue weighted by molar-refractivity contribution is 6.16. The van der Waals surface area contributed by atoms with Crippen LogP contribution in [0.5, 0.6) is 5.75 Å². The first-order chi connectivity index (χ1) is 6.36. The van der Waals surface area contributed by atoms with E-state index in [1.807, 2.05) is 24.3 Å². The maximum atomic E-state index is 8.21. The van der Waals surface area contributed by atoms with E-state index < -0.39 is 0 Å². The van der Waals surface area contributed by atoms with Crippen molar-refractivity contribution in [3.8, 4) is 5.75 Å². The molecule has 1 aromatic rings. The van der Waals surface area contributed by atoms with E-state index in [-0.39, 0.29) is 0 Å². The van der Waals surface area contributed by atoms with Crippen LogP contribution in [0.1, 0.15) is 5.56 Å². The van der Waals surface area contributed by atoms with Gasteiger partial charge in [0.2, 0.25) is 0 Å². The SMILES string of the molecule is COc1ccc(/C=C/O[B]O)cc1. The number of hydrogen-bond donors (Lipinski definition) is 1. The standard InChI is InChI=1S/C9H10BO3/c1-12-9-4-2-8(3-5-9)6-7-13-10-11/h2-7,11H,1H3/b7-6+. The largest absolute Gasteiger partial charge is 0.569 e. The molecule has 1 radical (unpaired) electrons. The zero-order chi connectivity index (χ0) is 9.52. The molecule has 3 nitrogen and oxygen atoms in total. The molecule has 0 atom stereocenters. The smallest absolute Gasteiger partial charge is 0.543 e. The van der Waals surface area contributed by atoms with E-state index >= 15 is 0 Å². The van der Waals surface area contributed by atoms with Gasteiger partial charge in [-0.05, 0) is 23.8 Å². The van der Waals surface area contributed by atoms with Gasteiger partial charge in [0.15, 0.2) is 0 Å². The summed E-state index contributed by atoms with van der Waals surface area (Å²) >= 11 is 0. The van der Waals surface area contributed by atoms with Crippen LogP contribution >= 0.6 is 0 Å². The van der Waals surface area contributed by atoms with Gasteiger partial charge in [0.25, 0.3) is 0 Å². The molecule has 0 saturated heterocycles. The van der Waals surface area contributed by atoms with E-state index in [1.165, 1.54) is 6.26 Å². The molecule has 0 aliphatic rings. The van der Waals surface area contributed by atoms with E-state index in [0.717, 1.165) is 11.3 Å². The summed E-state index contributed by atoms with van der Waals surface area (Å²) in [4.78, 5) is 0. The molecule has 0 unspecified atom stereocenters. The fourth-order valence-corrected chi connectivity index (χ4v) is 0.868. The third-order valence-electron chi connectivity index (χ3n) is 1.52. The molecule has 0 spiro atoms. The molecule has 1 N–H and O–H groups in total. The number of ether oxygens (including phenoxy) is 1. The Kier molecular flexibility index (Phi) is 3.92. The van der Waals surface area contributed by atoms with Crippen LogP contribution in [-0.2, 0) is 4.65 Å². The summed E-state index contributed by atoms with van der Waals surface area (Å²) in [7, 11) is 2.24. The van der Waals surface area contributed by atoms with Gasteiger partial charge in [-0.15, -0.1) is 0 Å². The minimum Gasteiger partial charge on any atom is -0.543 e. The van der Waals surface area contributed by atoms with Gasteiger partial charge in [-0.25, -0.2) is 0 Å². The fourth-order valence-electron chi connectivity index (χ4n) is 0.868. The Hall–Kier alpha value is -1.42. The zero-order valence-electron chi connectivity index (χ0n) is 7.31. The van der Waals surface area contributed by atoms with Crippen LogP contribution in [0.25, 0.3) is 6.08 Å². The topological polar surface area (TPSA) is 38.7 Å². The van der Waals surface area contributed by atoms with Crippen molar-refractivity contribution in [2.45, 2.75) is 0 Å². The minimum absolute atomic E-state index is 0.625. The van der Waals surface area contributed by atoms with Gasteiger partial charge in [0.05, 0.1) is 13.4 Å². The van der Waals surface area contributed by atoms with Crippen molar-refractivity contribution in [3.63, 3.8) is 0 Å². The lowest BCUT2D eigenvalue weighted by Gasteiger charge is -1.98. The van der Waals surface area contributed by atoms with E-state index in [9.17, 15) is 0 Å². The van der Waals surface area contributed by atoms with Crippen LogP contribution in [0.4, 0.5) is 0 Å². The van der Waals surface area contributed by atoms with Crippen LogP contribution in [0.2, 0.25) is 0 Å². The summed E-state index contributed by atoms with van der Waals surface area (Å²) in [5.74, 6) is 0.812. The molecule has 0 bridgehead atoms. The van der Waals surface area contributed by atoms with E-state index in [2.05, 4.69) is 4.65 Å². The molecule has 0 aliphatic heterocycles. The van der Waals surface area contributed by atoms with Crippen molar-refractivity contribution >= 4 is 13.8 Å². The number of rotatable bonds is 4. The van der Waals surface area contributed by atoms with E-state index in [4.69, 9.17) is 9.76 Å². The van der Waals surface area contributed by atoms with Gasteiger partial charge in [-0.1, -0.05) is 12.1 Å². The molecule has 67 valence electrons. The van der Waals surface area contributed by atoms with Gasteiger partial charge >= 0.3 is 7.69 Å². The Labute approximate surface area is 77.9 Å². The summed E-state index contributed by atoms with van der Waals surface area (Å²) in [6.07, 6.45) is 3.12. The lowest BCUT2D eigenvalue weighted by atomic mass is 10.2. The third kappa shape index (κ3) is 3.21. The number of methoxy groups -OCH3 is 1. The first-order valence-corrected chi connectivity index (χ1v) is 3.79. The molecule has 1 rings (SSSR count). The lowest BCUT2D eigenvalue weighted by Crippen LogP contribution is -1.87. The van der Waals surface area contributed by atoms with Crippen LogP contribution < -0.4 is 4.74 Å². The summed E-state index contributed by atoms with van der Waals surface area (Å²) in [5, 5.41) is 8.21. The summed E-state index contributed by atoms with van der Waals surface area (Å²) < 4.78 is 9.51. The van der Waals surface area contributed by atoms with Gasteiger partial charge in [-0.2, -0.15) is 0 Å². The minimum atomic E-state index is 0.625. The first-order valence-electron chi connectivity index (χ1n) is 3.79. The number of benzene rings is 1. The van der Waals surface area contributed by atoms with Gasteiger partial charge in [0.1, 0.15) is 5.75 Å². The Morgan fingerprint density at radius 1 is 1.31 bits per heavy atom. The van der Waals surface area contributed by atoms with Crippen LogP contribution in [0, 0.1) is 0 Å². The highest BCUT2D eigenvalue weighted by atomic mass is 16.5. The average Bonchev–Trinajstić information content (AvgIpc) is 2.19. The van der Waals surface area contributed by atoms with Gasteiger partial charge in [-0.3, -0.25) is 0 Å². The van der Waals surface area contributed by atoms with Crippen LogP contribution in [0.3, 0.4) is 0 Å². The second-order valence-electron chi connectivity index (χ2n) is 2.32. The quantitative estimate of drug-likeness (QED) is 0.554. The molecule has 0 aliphatic carbocycles. The monoisotopic (exact) mass is 177 g/mol. The molecule has 4 heteroatoms. The van der Waals surface area contributed by atoms with Gasteiger partial charge in [0, 0.05) is 0 Å². The highest BCUT2D eigenvalue weighted by Gasteiger charge is 1.89. The van der Waals surface area contributed by atoms with Crippen molar-refractivity contribution in [1.29, 1.82) is 0 Å². The normalized spacial score (nSPS) is 10.0. The molecule has 0 heterocycles. The molecular weight excluding hydrogens is 167 g/mol. The van der Waals surface area contributed by atoms with Crippen LogP contribution in [-0.4, -0.2) is 19.8 Å². The van der Waals surface area contributed by atoms with Crippen molar-refractivity contribution in [3.05, 3.63) is 36.1 Å². The predicted octanol–water partition coefficient (Wildman–Crippen LogP) is 1.21. The molecule has 13 heavy (non-hydrogen) atoms. The Morgan fingerprint density at radius 3 is 2.54 bits per heavy atom. The van der Waals surface area contributed by atoms with Gasteiger partial charge < -0.3 is 14.4 Å². The molecule has 0 aromatic heterocycles. The van der Waals surface area contributed by atoms with Crippen molar-refractivity contribution in [2.75, 3.05) is 7.11 Å². The fraction of sp³-hybridized carbons (Fsp3) is 0.111. The van der Waals surface area contributed by atoms with E-state index in [0.29, 0.717) is 7.69 Å². The van der Waals surface area contributed by atoms with Crippen molar-refractivity contribution in [2.24, 2.45) is 0 Å². The summed E-state index contributed by atoms with van der Waals surface area (Å²) in [6, 6.07) is 7.47. The molecule has 0 amide bonds. The second-order valence-corrected chi connectivity index (χ2v) is 2.32. The molecule has 0 fully saturated rings. The van der Waals surface area contributed by atoms with E-state index in [1.54, 1.807) is 13.2 Å². The predicted molar refractivity (Wildman–Crippen MR) is 51.1 cm³/mol. The maximum Gasteiger partial charge on any atom is 0.569 e. The Bertz CT molecular complexity index is 269. The molecule has 1 aromatic carbocycles. The number of hydrogen-bond acceptors (Lipinski definition) is 3.